The second kappa shape index (κ2) is 6.14. The Kier molecular flexibility index (Phi) is 3.91. The number of ether oxygens (including phenoxy) is 1. The van der Waals surface area contributed by atoms with Gasteiger partial charge in [-0.15, -0.1) is 13.2 Å². The zero-order chi connectivity index (χ0) is 18.3. The molecule has 4 aromatic rings. The van der Waals surface area contributed by atoms with Crippen LogP contribution in [0.25, 0.3) is 33.3 Å². The zero-order valence-corrected chi connectivity index (χ0v) is 13.8. The summed E-state index contributed by atoms with van der Waals surface area (Å²) < 4.78 is 55.2. The third-order valence-electron chi connectivity index (χ3n) is 3.87. The molecule has 0 saturated carbocycles. The Bertz CT molecular complexity index is 1070. The van der Waals surface area contributed by atoms with Gasteiger partial charge in [-0.25, -0.2) is 9.37 Å². The summed E-state index contributed by atoms with van der Waals surface area (Å²) in [5.41, 5.74) is 3.07. The van der Waals surface area contributed by atoms with Gasteiger partial charge in [0.05, 0.1) is 0 Å². The molecule has 0 radical (unpaired) electrons. The average Bonchev–Trinajstić information content (AvgIpc) is 3.23. The zero-order valence-electron chi connectivity index (χ0n) is 13.0. The Hall–Kier alpha value is -2.87. The Balaban J connectivity index is 1.85. The molecule has 0 saturated heterocycles. The van der Waals surface area contributed by atoms with Crippen LogP contribution in [0.4, 0.5) is 17.6 Å². The molecule has 0 aliphatic carbocycles. The van der Waals surface area contributed by atoms with E-state index in [1.165, 1.54) is 17.4 Å². The topological polar surface area (TPSA) is 37.9 Å². The maximum atomic E-state index is 14.5. The largest absolute Gasteiger partial charge is 0.573 e. The SMILES string of the molecule is Fc1cc(OC(F)(F)F)ccc1-c1c[nH]c2nccc(-c3ccsc3)c12. The fourth-order valence-corrected chi connectivity index (χ4v) is 3.49. The maximum Gasteiger partial charge on any atom is 0.573 e. The van der Waals surface area contributed by atoms with Crippen LogP contribution < -0.4 is 4.74 Å². The van der Waals surface area contributed by atoms with Crippen LogP contribution in [0.15, 0.2) is 53.5 Å². The molecule has 3 aromatic heterocycles. The number of rotatable bonds is 3. The van der Waals surface area contributed by atoms with Crippen molar-refractivity contribution in [3.8, 4) is 28.0 Å². The maximum absolute atomic E-state index is 14.5. The monoisotopic (exact) mass is 378 g/mol. The van der Waals surface area contributed by atoms with Gasteiger partial charge in [0, 0.05) is 35.0 Å². The van der Waals surface area contributed by atoms with Crippen LogP contribution in [-0.4, -0.2) is 16.3 Å². The number of hydrogen-bond donors (Lipinski definition) is 1. The molecule has 0 atom stereocenters. The number of aromatic nitrogens is 2. The predicted molar refractivity (Wildman–Crippen MR) is 91.5 cm³/mol. The first-order valence-electron chi connectivity index (χ1n) is 7.47. The number of pyridine rings is 1. The molecule has 0 aliphatic rings. The van der Waals surface area contributed by atoms with Crippen molar-refractivity contribution in [2.24, 2.45) is 0 Å². The van der Waals surface area contributed by atoms with Gasteiger partial charge in [-0.3, -0.25) is 0 Å². The number of benzene rings is 1. The molecular weight excluding hydrogens is 368 g/mol. The highest BCUT2D eigenvalue weighted by atomic mass is 32.1. The molecule has 4 rings (SSSR count). The molecule has 0 unspecified atom stereocenters. The average molecular weight is 378 g/mol. The number of thiophene rings is 1. The van der Waals surface area contributed by atoms with Gasteiger partial charge in [0.2, 0.25) is 0 Å². The number of nitrogens with one attached hydrogen (secondary N) is 1. The molecule has 0 spiro atoms. The van der Waals surface area contributed by atoms with Crippen LogP contribution in [0.5, 0.6) is 5.75 Å². The molecule has 132 valence electrons. The molecule has 26 heavy (non-hydrogen) atoms. The number of fused-ring (bicyclic) bond motifs is 1. The van der Waals surface area contributed by atoms with Gasteiger partial charge in [-0.2, -0.15) is 11.3 Å². The Morgan fingerprint density at radius 2 is 1.88 bits per heavy atom. The van der Waals surface area contributed by atoms with E-state index in [4.69, 9.17) is 0 Å². The minimum Gasteiger partial charge on any atom is -0.406 e. The normalized spacial score (nSPS) is 11.8. The van der Waals surface area contributed by atoms with Crippen molar-refractivity contribution < 1.29 is 22.3 Å². The first kappa shape index (κ1) is 16.6. The summed E-state index contributed by atoms with van der Waals surface area (Å²) >= 11 is 1.53. The lowest BCUT2D eigenvalue weighted by Gasteiger charge is -2.10. The van der Waals surface area contributed by atoms with E-state index in [0.29, 0.717) is 16.6 Å². The molecule has 1 N–H and O–H groups in total. The van der Waals surface area contributed by atoms with Gasteiger partial charge >= 0.3 is 6.36 Å². The van der Waals surface area contributed by atoms with Gasteiger partial charge in [0.15, 0.2) is 0 Å². The van der Waals surface area contributed by atoms with Crippen molar-refractivity contribution >= 4 is 22.4 Å². The second-order valence-corrected chi connectivity index (χ2v) is 6.27. The van der Waals surface area contributed by atoms with Crippen LogP contribution in [0.2, 0.25) is 0 Å². The molecule has 3 nitrogen and oxygen atoms in total. The molecular formula is C18H10F4N2OS. The lowest BCUT2D eigenvalue weighted by Crippen LogP contribution is -2.17. The summed E-state index contributed by atoms with van der Waals surface area (Å²) in [7, 11) is 0. The third-order valence-corrected chi connectivity index (χ3v) is 4.55. The Morgan fingerprint density at radius 1 is 1.04 bits per heavy atom. The molecule has 0 bridgehead atoms. The summed E-state index contributed by atoms with van der Waals surface area (Å²) in [4.78, 5) is 7.23. The minimum atomic E-state index is -4.87. The van der Waals surface area contributed by atoms with Crippen molar-refractivity contribution in [3.05, 3.63) is 59.3 Å². The van der Waals surface area contributed by atoms with Crippen molar-refractivity contribution in [2.45, 2.75) is 6.36 Å². The molecule has 0 aliphatic heterocycles. The quantitative estimate of drug-likeness (QED) is 0.444. The highest BCUT2D eigenvalue weighted by Crippen LogP contribution is 2.38. The number of aromatic amines is 1. The predicted octanol–water partition coefficient (Wildman–Crippen LogP) is 6.00. The number of H-pyrrole nitrogens is 1. The third kappa shape index (κ3) is 3.03. The van der Waals surface area contributed by atoms with Gasteiger partial charge in [0.1, 0.15) is 17.2 Å². The lowest BCUT2D eigenvalue weighted by molar-refractivity contribution is -0.274. The molecule has 0 amide bonds. The van der Waals surface area contributed by atoms with Crippen molar-refractivity contribution in [2.75, 3.05) is 0 Å². The van der Waals surface area contributed by atoms with Gasteiger partial charge in [0.25, 0.3) is 0 Å². The fourth-order valence-electron chi connectivity index (χ4n) is 2.84. The van der Waals surface area contributed by atoms with E-state index in [9.17, 15) is 17.6 Å². The minimum absolute atomic E-state index is 0.162. The number of nitrogens with zero attached hydrogens (tertiary/aromatic N) is 1. The van der Waals surface area contributed by atoms with E-state index in [1.807, 2.05) is 22.9 Å². The smallest absolute Gasteiger partial charge is 0.406 e. The van der Waals surface area contributed by atoms with E-state index in [2.05, 4.69) is 14.7 Å². The van der Waals surface area contributed by atoms with Crippen LogP contribution in [0.1, 0.15) is 0 Å². The highest BCUT2D eigenvalue weighted by Gasteiger charge is 2.31. The first-order chi connectivity index (χ1) is 12.4. The number of hydrogen-bond acceptors (Lipinski definition) is 3. The van der Waals surface area contributed by atoms with E-state index in [0.717, 1.165) is 23.3 Å². The van der Waals surface area contributed by atoms with E-state index in [-0.39, 0.29) is 5.56 Å². The van der Waals surface area contributed by atoms with Crippen molar-refractivity contribution in [3.63, 3.8) is 0 Å². The van der Waals surface area contributed by atoms with Crippen molar-refractivity contribution in [1.29, 1.82) is 0 Å². The molecule has 3 heterocycles. The molecule has 1 aromatic carbocycles. The molecule has 8 heteroatoms. The van der Waals surface area contributed by atoms with Crippen LogP contribution in [0, 0.1) is 5.82 Å². The number of alkyl halides is 3. The summed E-state index contributed by atoms with van der Waals surface area (Å²) in [5.74, 6) is -1.41. The Labute approximate surface area is 148 Å². The summed E-state index contributed by atoms with van der Waals surface area (Å²) in [5, 5.41) is 4.59. The van der Waals surface area contributed by atoms with Gasteiger partial charge in [-0.1, -0.05) is 0 Å². The van der Waals surface area contributed by atoms with Crippen LogP contribution >= 0.6 is 11.3 Å². The molecule has 0 fully saturated rings. The second-order valence-electron chi connectivity index (χ2n) is 5.49. The number of halogens is 4. The summed E-state index contributed by atoms with van der Waals surface area (Å²) in [6.45, 7) is 0. The van der Waals surface area contributed by atoms with Crippen molar-refractivity contribution in [1.82, 2.24) is 9.97 Å². The fraction of sp³-hybridized carbons (Fsp3) is 0.0556. The summed E-state index contributed by atoms with van der Waals surface area (Å²) in [6.07, 6.45) is -1.63. The Morgan fingerprint density at radius 3 is 2.58 bits per heavy atom. The lowest BCUT2D eigenvalue weighted by atomic mass is 9.99. The summed E-state index contributed by atoms with van der Waals surface area (Å²) in [6, 6.07) is 6.84. The van der Waals surface area contributed by atoms with E-state index in [1.54, 1.807) is 12.4 Å². The van der Waals surface area contributed by atoms with E-state index < -0.39 is 17.9 Å². The van der Waals surface area contributed by atoms with Crippen LogP contribution in [0.3, 0.4) is 0 Å². The van der Waals surface area contributed by atoms with Crippen LogP contribution in [-0.2, 0) is 0 Å². The van der Waals surface area contributed by atoms with Gasteiger partial charge < -0.3 is 9.72 Å². The first-order valence-corrected chi connectivity index (χ1v) is 8.41. The van der Waals surface area contributed by atoms with E-state index >= 15 is 0 Å². The highest BCUT2D eigenvalue weighted by molar-refractivity contribution is 7.08. The van der Waals surface area contributed by atoms with Gasteiger partial charge in [-0.05, 0) is 46.2 Å². The standard InChI is InChI=1S/C18H10F4N2OS/c19-15-7-11(25-18(20,21)22)1-2-13(15)14-8-24-17-16(14)12(3-5-23-17)10-4-6-26-9-10/h1-9H,(H,23,24).